The fourth-order valence-electron chi connectivity index (χ4n) is 4.50. The fraction of sp³-hybridized carbons (Fsp3) is 0.632. The van der Waals surface area contributed by atoms with Crippen LogP contribution in [-0.2, 0) is 4.79 Å². The molecule has 3 fully saturated rings. The Bertz CT molecular complexity index is 593. The van der Waals surface area contributed by atoms with Crippen LogP contribution in [0.3, 0.4) is 0 Å². The van der Waals surface area contributed by atoms with E-state index >= 15 is 0 Å². The molecule has 26 heavy (non-hydrogen) atoms. The van der Waals surface area contributed by atoms with Crippen LogP contribution in [0.4, 0.5) is 5.69 Å². The van der Waals surface area contributed by atoms with Crippen LogP contribution < -0.4 is 21.1 Å². The van der Waals surface area contributed by atoms with Gasteiger partial charge in [-0.2, -0.15) is 0 Å². The lowest BCUT2D eigenvalue weighted by Crippen LogP contribution is -2.54. The molecule has 1 aromatic carbocycles. The quantitative estimate of drug-likeness (QED) is 0.731. The zero-order chi connectivity index (χ0) is 17.2. The van der Waals surface area contributed by atoms with Crippen molar-refractivity contribution in [3.8, 4) is 0 Å². The molecule has 3 aliphatic rings. The van der Waals surface area contributed by atoms with Gasteiger partial charge in [0.1, 0.15) is 6.04 Å². The Hall–Kier alpha value is -1.34. The number of hydrazine groups is 1. The summed E-state index contributed by atoms with van der Waals surface area (Å²) in [6.07, 6.45) is 3.15. The SMILES string of the molecule is CN(c1ccccc1)C1CCN(C(=O)C2NNC3CCNCC32)CC1.Cl. The second-order valence-corrected chi connectivity index (χ2v) is 7.53. The van der Waals surface area contributed by atoms with Crippen molar-refractivity contribution < 1.29 is 4.79 Å². The van der Waals surface area contributed by atoms with Gasteiger partial charge in [0, 0.05) is 50.4 Å². The van der Waals surface area contributed by atoms with E-state index in [2.05, 4.69) is 63.3 Å². The highest BCUT2D eigenvalue weighted by molar-refractivity contribution is 5.85. The molecule has 3 heterocycles. The zero-order valence-electron chi connectivity index (χ0n) is 15.4. The minimum atomic E-state index is -0.0822. The molecule has 1 amide bonds. The summed E-state index contributed by atoms with van der Waals surface area (Å²) in [5.74, 6) is 0.635. The number of amides is 1. The zero-order valence-corrected chi connectivity index (χ0v) is 16.2. The van der Waals surface area contributed by atoms with Gasteiger partial charge in [0.05, 0.1) is 0 Å². The largest absolute Gasteiger partial charge is 0.371 e. The smallest absolute Gasteiger partial charge is 0.241 e. The van der Waals surface area contributed by atoms with Crippen molar-refractivity contribution in [3.05, 3.63) is 30.3 Å². The van der Waals surface area contributed by atoms with E-state index in [0.29, 0.717) is 18.0 Å². The van der Waals surface area contributed by atoms with Crippen LogP contribution in [0.1, 0.15) is 19.3 Å². The van der Waals surface area contributed by atoms with E-state index in [9.17, 15) is 4.79 Å². The van der Waals surface area contributed by atoms with Crippen LogP contribution in [-0.4, -0.2) is 62.2 Å². The molecule has 0 aromatic heterocycles. The summed E-state index contributed by atoms with van der Waals surface area (Å²) in [6.45, 7) is 3.66. The van der Waals surface area contributed by atoms with E-state index in [0.717, 1.165) is 45.4 Å². The van der Waals surface area contributed by atoms with Gasteiger partial charge in [-0.05, 0) is 37.9 Å². The van der Waals surface area contributed by atoms with Crippen molar-refractivity contribution in [2.45, 2.75) is 37.4 Å². The summed E-state index contributed by atoms with van der Waals surface area (Å²) in [7, 11) is 2.16. The van der Waals surface area contributed by atoms with E-state index in [1.807, 2.05) is 0 Å². The maximum atomic E-state index is 13.0. The number of carbonyl (C=O) groups excluding carboxylic acids is 1. The van der Waals surface area contributed by atoms with Crippen LogP contribution >= 0.6 is 12.4 Å². The van der Waals surface area contributed by atoms with Gasteiger partial charge in [-0.3, -0.25) is 10.2 Å². The Morgan fingerprint density at radius 1 is 1.12 bits per heavy atom. The lowest BCUT2D eigenvalue weighted by atomic mass is 9.88. The Morgan fingerprint density at radius 3 is 2.58 bits per heavy atom. The van der Waals surface area contributed by atoms with Crippen LogP contribution in [0.2, 0.25) is 0 Å². The molecule has 3 N–H and O–H groups in total. The number of carbonyl (C=O) groups is 1. The molecular formula is C19H30ClN5O. The van der Waals surface area contributed by atoms with Crippen LogP contribution in [0, 0.1) is 5.92 Å². The minimum Gasteiger partial charge on any atom is -0.371 e. The standard InChI is InChI=1S/C19H29N5O.ClH/c1-23(14-5-3-2-4-6-14)15-8-11-24(12-9-15)19(25)18-16-13-20-10-7-17(16)21-22-18;/h2-6,15-18,20-22H,7-13H2,1H3;1H. The van der Waals surface area contributed by atoms with Gasteiger partial charge in [0.15, 0.2) is 0 Å². The molecule has 0 aliphatic carbocycles. The number of anilines is 1. The normalized spacial score (nSPS) is 29.0. The van der Waals surface area contributed by atoms with Crippen molar-refractivity contribution in [2.24, 2.45) is 5.92 Å². The van der Waals surface area contributed by atoms with Gasteiger partial charge in [-0.1, -0.05) is 18.2 Å². The van der Waals surface area contributed by atoms with E-state index < -0.39 is 0 Å². The van der Waals surface area contributed by atoms with Crippen LogP contribution in [0.15, 0.2) is 30.3 Å². The highest BCUT2D eigenvalue weighted by atomic mass is 35.5. The average Bonchev–Trinajstić information content (AvgIpc) is 3.12. The number of halogens is 1. The number of likely N-dealkylation sites (tertiary alicyclic amines) is 1. The number of hydrogen-bond donors (Lipinski definition) is 3. The fourth-order valence-corrected chi connectivity index (χ4v) is 4.50. The molecule has 0 bridgehead atoms. The monoisotopic (exact) mass is 379 g/mol. The molecule has 1 aromatic rings. The van der Waals surface area contributed by atoms with E-state index in [1.165, 1.54) is 5.69 Å². The molecule has 3 aliphatic heterocycles. The second kappa shape index (κ2) is 8.57. The molecule has 7 heteroatoms. The molecule has 4 rings (SSSR count). The first-order valence-electron chi connectivity index (χ1n) is 9.52. The number of nitrogens with one attached hydrogen (secondary N) is 3. The molecule has 6 nitrogen and oxygen atoms in total. The van der Waals surface area contributed by atoms with E-state index in [4.69, 9.17) is 0 Å². The minimum absolute atomic E-state index is 0. The molecule has 3 atom stereocenters. The van der Waals surface area contributed by atoms with Gasteiger partial charge < -0.3 is 15.1 Å². The number of nitrogens with zero attached hydrogens (tertiary/aromatic N) is 2. The van der Waals surface area contributed by atoms with Gasteiger partial charge >= 0.3 is 0 Å². The summed E-state index contributed by atoms with van der Waals surface area (Å²) < 4.78 is 0. The Kier molecular flexibility index (Phi) is 6.40. The predicted octanol–water partition coefficient (Wildman–Crippen LogP) is 0.990. The molecule has 0 spiro atoms. The number of benzene rings is 1. The van der Waals surface area contributed by atoms with Crippen molar-refractivity contribution in [1.29, 1.82) is 0 Å². The summed E-state index contributed by atoms with van der Waals surface area (Å²) >= 11 is 0. The third-order valence-corrected chi connectivity index (χ3v) is 6.13. The lowest BCUT2D eigenvalue weighted by molar-refractivity contribution is -0.135. The Balaban J connectivity index is 0.00000196. The summed E-state index contributed by atoms with van der Waals surface area (Å²) in [5.41, 5.74) is 7.85. The van der Waals surface area contributed by atoms with Crippen molar-refractivity contribution in [3.63, 3.8) is 0 Å². The van der Waals surface area contributed by atoms with Gasteiger partial charge in [0.2, 0.25) is 5.91 Å². The molecule has 3 saturated heterocycles. The van der Waals surface area contributed by atoms with Crippen molar-refractivity contribution in [2.75, 3.05) is 38.1 Å². The summed E-state index contributed by atoms with van der Waals surface area (Å²) in [4.78, 5) is 17.4. The first-order valence-corrected chi connectivity index (χ1v) is 9.52. The molecule has 3 unspecified atom stereocenters. The number of hydrogen-bond acceptors (Lipinski definition) is 5. The number of para-hydroxylation sites is 1. The third-order valence-electron chi connectivity index (χ3n) is 6.13. The molecular weight excluding hydrogens is 350 g/mol. The lowest BCUT2D eigenvalue weighted by Gasteiger charge is -2.39. The molecule has 0 radical (unpaired) electrons. The number of rotatable bonds is 3. The van der Waals surface area contributed by atoms with Gasteiger partial charge in [-0.25, -0.2) is 5.43 Å². The Morgan fingerprint density at radius 2 is 1.85 bits per heavy atom. The van der Waals surface area contributed by atoms with Gasteiger partial charge in [-0.15, -0.1) is 12.4 Å². The highest BCUT2D eigenvalue weighted by Crippen LogP contribution is 2.25. The van der Waals surface area contributed by atoms with Crippen molar-refractivity contribution >= 4 is 24.0 Å². The average molecular weight is 380 g/mol. The van der Waals surface area contributed by atoms with Crippen molar-refractivity contribution in [1.82, 2.24) is 21.1 Å². The molecule has 0 saturated carbocycles. The summed E-state index contributed by atoms with van der Waals surface area (Å²) in [5, 5.41) is 3.43. The van der Waals surface area contributed by atoms with Crippen LogP contribution in [0.25, 0.3) is 0 Å². The van der Waals surface area contributed by atoms with Crippen LogP contribution in [0.5, 0.6) is 0 Å². The number of fused-ring (bicyclic) bond motifs is 1. The van der Waals surface area contributed by atoms with Gasteiger partial charge in [0.25, 0.3) is 0 Å². The predicted molar refractivity (Wildman–Crippen MR) is 107 cm³/mol. The summed E-state index contributed by atoms with van der Waals surface area (Å²) in [6, 6.07) is 11.4. The Labute approximate surface area is 162 Å². The topological polar surface area (TPSA) is 59.6 Å². The maximum absolute atomic E-state index is 13.0. The highest BCUT2D eigenvalue weighted by Gasteiger charge is 2.43. The first-order chi connectivity index (χ1) is 12.2. The maximum Gasteiger partial charge on any atom is 0.241 e. The van der Waals surface area contributed by atoms with E-state index in [1.54, 1.807) is 0 Å². The third kappa shape index (κ3) is 3.83. The number of piperidine rings is 2. The second-order valence-electron chi connectivity index (χ2n) is 7.53. The van der Waals surface area contributed by atoms with E-state index in [-0.39, 0.29) is 24.4 Å². The first kappa shape index (κ1) is 19.4. The molecule has 144 valence electrons.